The van der Waals surface area contributed by atoms with Crippen molar-refractivity contribution in [2.24, 2.45) is 0 Å². The molecule has 0 saturated carbocycles. The number of hydrogen-bond acceptors (Lipinski definition) is 5. The number of unbranched alkanes of at least 4 members (excludes halogenated alkanes) is 36. The summed E-state index contributed by atoms with van der Waals surface area (Å²) >= 11 is 0. The van der Waals surface area contributed by atoms with E-state index in [0.717, 1.165) is 9.79 Å². The van der Waals surface area contributed by atoms with Gasteiger partial charge in [0.15, 0.2) is 0 Å². The molecule has 0 saturated heterocycles. The first-order valence-corrected chi connectivity index (χ1v) is 31.8. The zero-order valence-electron chi connectivity index (χ0n) is 45.7. The summed E-state index contributed by atoms with van der Waals surface area (Å²) in [5, 5.41) is 19.4. The van der Waals surface area contributed by atoms with E-state index in [1.54, 1.807) is 36.4 Å². The lowest BCUT2D eigenvalue weighted by molar-refractivity contribution is -0.929. The second kappa shape index (κ2) is 48.3. The van der Waals surface area contributed by atoms with Crippen LogP contribution in [0.15, 0.2) is 58.3 Å². The molecule has 0 radical (unpaired) electrons. The van der Waals surface area contributed by atoms with Crippen LogP contribution in [0, 0.1) is 0 Å². The molecule has 0 aromatic heterocycles. The second-order valence-corrected chi connectivity index (χ2v) is 23.0. The highest BCUT2D eigenvalue weighted by atomic mass is 33.1. The molecule has 7 heteroatoms. The van der Waals surface area contributed by atoms with E-state index in [0.29, 0.717) is 0 Å². The standard InChI is InChI=1S/C48H100N.C14H10O4S2/c1-5-9-13-17-21-25-29-33-37-41-45-49(46-42-38-34-30-26-22-18-14-10-6-2,47-43-39-35-31-27-23-19-15-11-7-3)48-44-40-36-32-28-24-20-16-12-8-4;15-13(16)9-1-5-11(6-2-9)19-20-12-7-3-10(4-8-12)14(17)18/h5-48H2,1-4H3;1-8H,(H,15,16)(H,17,18)/q+1;/p-1. The van der Waals surface area contributed by atoms with Crippen LogP contribution in [0.2, 0.25) is 0 Å². The first kappa shape index (κ1) is 65.1. The molecule has 0 aliphatic heterocycles. The lowest BCUT2D eigenvalue weighted by Crippen LogP contribution is -2.50. The summed E-state index contributed by atoms with van der Waals surface area (Å²) in [6.45, 7) is 15.3. The number of carbonyl (C=O) groups excluding carboxylic acids is 1. The van der Waals surface area contributed by atoms with Crippen LogP contribution < -0.4 is 5.11 Å². The number of quaternary nitrogens is 1. The lowest BCUT2D eigenvalue weighted by atomic mass is 10.0. The largest absolute Gasteiger partial charge is 0.545 e. The van der Waals surface area contributed by atoms with Crippen LogP contribution in [0.1, 0.15) is 305 Å². The fraction of sp³-hybridized carbons (Fsp3) is 0.774. The van der Waals surface area contributed by atoms with E-state index in [9.17, 15) is 14.7 Å². The molecule has 0 aliphatic carbocycles. The Hall–Kier alpha value is -1.96. The molecule has 0 atom stereocenters. The van der Waals surface area contributed by atoms with Gasteiger partial charge in [-0.1, -0.05) is 267 Å². The Labute approximate surface area is 435 Å². The molecule has 0 unspecified atom stereocenters. The molecule has 0 spiro atoms. The fourth-order valence-corrected chi connectivity index (χ4v) is 11.7. The number of carboxylic acids is 2. The predicted octanol–water partition coefficient (Wildman–Crippen LogP) is 20.0. The highest BCUT2D eigenvalue weighted by molar-refractivity contribution is 8.76. The number of rotatable bonds is 49. The molecule has 0 heterocycles. The normalized spacial score (nSPS) is 11.5. The van der Waals surface area contributed by atoms with E-state index >= 15 is 0 Å². The fourth-order valence-electron chi connectivity index (χ4n) is 9.81. The van der Waals surface area contributed by atoms with Gasteiger partial charge >= 0.3 is 5.97 Å². The average molecular weight is 997 g/mol. The minimum Gasteiger partial charge on any atom is -0.545 e. The van der Waals surface area contributed by atoms with Gasteiger partial charge in [0.2, 0.25) is 0 Å². The monoisotopic (exact) mass is 996 g/mol. The molecular formula is C62H109NO4S2. The summed E-state index contributed by atoms with van der Waals surface area (Å²) in [4.78, 5) is 23.1. The minimum atomic E-state index is -1.20. The van der Waals surface area contributed by atoms with Crippen molar-refractivity contribution in [1.29, 1.82) is 0 Å². The Morgan fingerprint density at radius 2 is 0.551 bits per heavy atom. The zero-order chi connectivity index (χ0) is 50.1. The number of aromatic carboxylic acids is 2. The van der Waals surface area contributed by atoms with E-state index in [4.69, 9.17) is 5.11 Å². The van der Waals surface area contributed by atoms with Crippen LogP contribution in [0.5, 0.6) is 0 Å². The molecule has 0 bridgehead atoms. The first-order chi connectivity index (χ1) is 33.8. The van der Waals surface area contributed by atoms with Gasteiger partial charge in [0.1, 0.15) is 0 Å². The third kappa shape index (κ3) is 39.3. The molecule has 2 aromatic carbocycles. The number of benzene rings is 2. The molecule has 69 heavy (non-hydrogen) atoms. The van der Waals surface area contributed by atoms with Gasteiger partial charge in [-0.3, -0.25) is 0 Å². The highest BCUT2D eigenvalue weighted by Gasteiger charge is 2.26. The van der Waals surface area contributed by atoms with E-state index in [-0.39, 0.29) is 11.1 Å². The number of nitrogens with zero attached hydrogens (tertiary/aromatic N) is 1. The van der Waals surface area contributed by atoms with Gasteiger partial charge in [-0.05, 0) is 93.3 Å². The molecule has 2 aromatic rings. The average Bonchev–Trinajstić information content (AvgIpc) is 3.36. The maximum Gasteiger partial charge on any atom is 0.335 e. The molecular weight excluding hydrogens is 887 g/mol. The van der Waals surface area contributed by atoms with Crippen molar-refractivity contribution in [3.05, 3.63) is 59.7 Å². The Morgan fingerprint density at radius 3 is 0.754 bits per heavy atom. The lowest BCUT2D eigenvalue weighted by Gasteiger charge is -2.40. The van der Waals surface area contributed by atoms with Crippen molar-refractivity contribution >= 4 is 33.5 Å². The van der Waals surface area contributed by atoms with Gasteiger partial charge < -0.3 is 19.5 Å². The quantitative estimate of drug-likeness (QED) is 0.0404. The van der Waals surface area contributed by atoms with Crippen LogP contribution in [-0.4, -0.2) is 47.7 Å². The summed E-state index contributed by atoms with van der Waals surface area (Å²) in [5.41, 5.74) is 0.392. The Kier molecular flexibility index (Phi) is 45.6. The van der Waals surface area contributed by atoms with Crippen LogP contribution in [0.4, 0.5) is 0 Å². The number of carbonyl (C=O) groups is 2. The molecule has 0 aliphatic rings. The summed E-state index contributed by atoms with van der Waals surface area (Å²) in [6, 6.07) is 12.9. The second-order valence-electron chi connectivity index (χ2n) is 20.8. The number of hydrogen-bond donors (Lipinski definition) is 1. The maximum absolute atomic E-state index is 10.7. The van der Waals surface area contributed by atoms with Crippen molar-refractivity contribution in [2.75, 3.05) is 26.2 Å². The van der Waals surface area contributed by atoms with Crippen molar-refractivity contribution in [1.82, 2.24) is 0 Å². The smallest absolute Gasteiger partial charge is 0.335 e. The summed E-state index contributed by atoms with van der Waals surface area (Å²) in [5.74, 6) is -2.15. The third-order valence-electron chi connectivity index (χ3n) is 14.4. The van der Waals surface area contributed by atoms with Gasteiger partial charge in [-0.25, -0.2) is 4.79 Å². The molecule has 0 amide bonds. The molecule has 398 valence electrons. The van der Waals surface area contributed by atoms with Gasteiger partial charge in [0, 0.05) is 9.79 Å². The topological polar surface area (TPSA) is 77.4 Å². The van der Waals surface area contributed by atoms with E-state index < -0.39 is 11.9 Å². The Morgan fingerprint density at radius 1 is 0.348 bits per heavy atom. The molecule has 0 fully saturated rings. The Bertz CT molecular complexity index is 1260. The molecule has 2 rings (SSSR count). The maximum atomic E-state index is 10.7. The van der Waals surface area contributed by atoms with Crippen molar-refractivity contribution in [3.63, 3.8) is 0 Å². The van der Waals surface area contributed by atoms with Crippen molar-refractivity contribution in [3.8, 4) is 0 Å². The van der Waals surface area contributed by atoms with Crippen molar-refractivity contribution in [2.45, 2.75) is 294 Å². The zero-order valence-corrected chi connectivity index (χ0v) is 47.3. The summed E-state index contributed by atoms with van der Waals surface area (Å²) < 4.78 is 1.49. The van der Waals surface area contributed by atoms with E-state index in [2.05, 4.69) is 27.7 Å². The summed E-state index contributed by atoms with van der Waals surface area (Å²) in [7, 11) is 2.93. The van der Waals surface area contributed by atoms with Crippen LogP contribution >= 0.6 is 21.6 Å². The Balaban J connectivity index is 0.000000976. The molecule has 1 N–H and O–H groups in total. The summed E-state index contributed by atoms with van der Waals surface area (Å²) in [6.07, 6.45) is 58.7. The third-order valence-corrected chi connectivity index (χ3v) is 16.8. The van der Waals surface area contributed by atoms with E-state index in [1.807, 2.05) is 0 Å². The SMILES string of the molecule is CCCCCCCCCCCC[N+](CCCCCCCCCCCC)(CCCCCCCCCCCC)CCCCCCCCCCCC.O=C([O-])c1ccc(SSc2ccc(C(=O)O)cc2)cc1. The van der Waals surface area contributed by atoms with E-state index in [1.165, 1.54) is 321 Å². The highest BCUT2D eigenvalue weighted by Crippen LogP contribution is 2.37. The van der Waals surface area contributed by atoms with Crippen LogP contribution in [0.3, 0.4) is 0 Å². The minimum absolute atomic E-state index is 0.144. The number of carboxylic acid groups (broad SMARTS) is 2. The van der Waals surface area contributed by atoms with Gasteiger partial charge in [0.05, 0.1) is 37.7 Å². The van der Waals surface area contributed by atoms with Gasteiger partial charge in [-0.2, -0.15) is 0 Å². The van der Waals surface area contributed by atoms with Gasteiger partial charge in [-0.15, -0.1) is 0 Å². The molecule has 5 nitrogen and oxygen atoms in total. The predicted molar refractivity (Wildman–Crippen MR) is 303 cm³/mol. The van der Waals surface area contributed by atoms with Crippen LogP contribution in [0.25, 0.3) is 0 Å². The van der Waals surface area contributed by atoms with Crippen molar-refractivity contribution < 1.29 is 24.3 Å². The van der Waals surface area contributed by atoms with Crippen LogP contribution in [-0.2, 0) is 0 Å². The first-order valence-electron chi connectivity index (χ1n) is 29.6. The van der Waals surface area contributed by atoms with Gasteiger partial charge in [0.25, 0.3) is 0 Å².